The zero-order valence-corrected chi connectivity index (χ0v) is 17.4. The molecule has 0 nitrogen and oxygen atoms in total. The highest BCUT2D eigenvalue weighted by atomic mass is 19.2. The Morgan fingerprint density at radius 2 is 0.632 bits per heavy atom. The fraction of sp³-hybridized carbons (Fsp3) is 0.0435. The third kappa shape index (κ3) is 3.66. The highest BCUT2D eigenvalue weighted by Gasteiger charge is 2.39. The van der Waals surface area contributed by atoms with E-state index in [9.17, 15) is 65.9 Å². The van der Waals surface area contributed by atoms with Crippen LogP contribution >= 0.6 is 0 Å². The first-order valence-corrected chi connectivity index (χ1v) is 9.61. The van der Waals surface area contributed by atoms with E-state index in [2.05, 4.69) is 0 Å². The summed E-state index contributed by atoms with van der Waals surface area (Å²) in [7, 11) is 0. The molecule has 1 aliphatic carbocycles. The van der Waals surface area contributed by atoms with E-state index in [0.29, 0.717) is 0 Å². The minimum atomic E-state index is -2.77. The number of hydrogen-bond donors (Lipinski definition) is 0. The first kappa shape index (κ1) is 27.1. The average Bonchev–Trinajstić information content (AvgIpc) is 3.30. The van der Waals surface area contributed by atoms with Crippen LogP contribution in [0.5, 0.6) is 0 Å². The monoisotopic (exact) mass is 564 g/mol. The molecule has 1 aliphatic rings. The predicted molar refractivity (Wildman–Crippen MR) is 97.4 cm³/mol. The Morgan fingerprint density at radius 3 is 1.00 bits per heavy atom. The maximum Gasteiger partial charge on any atom is 0.200 e. The molecule has 3 aromatic carbocycles. The van der Waals surface area contributed by atoms with E-state index in [1.54, 1.807) is 0 Å². The average molecular weight is 564 g/mol. The minimum Gasteiger partial charge on any atom is -0.203 e. The molecule has 1 unspecified atom stereocenters. The van der Waals surface area contributed by atoms with Gasteiger partial charge < -0.3 is 0 Å². The van der Waals surface area contributed by atoms with Crippen LogP contribution < -0.4 is 0 Å². The van der Waals surface area contributed by atoms with E-state index in [-0.39, 0.29) is 12.2 Å². The second-order valence-electron chi connectivity index (χ2n) is 7.57. The standard InChI is InChI=1S/C23H3F15/c24-9-6(10(25)16(31)21(36)15(9)30)3-1-4(7-11(26)17(32)22(37)18(33)12(7)27)5(2-3)8-13(28)19(34)23(38)20(35)14(8)29/h1-2,4H. The van der Waals surface area contributed by atoms with Crippen LogP contribution in [0.4, 0.5) is 65.9 Å². The zero-order chi connectivity index (χ0) is 28.5. The third-order valence-electron chi connectivity index (χ3n) is 5.54. The summed E-state index contributed by atoms with van der Waals surface area (Å²) in [5, 5.41) is 0. The molecule has 0 saturated heterocycles. The van der Waals surface area contributed by atoms with Crippen molar-refractivity contribution in [3.8, 4) is 0 Å². The molecule has 0 fully saturated rings. The molecule has 0 bridgehead atoms. The van der Waals surface area contributed by atoms with E-state index in [1.165, 1.54) is 0 Å². The first-order valence-electron chi connectivity index (χ1n) is 9.61. The molecule has 0 aliphatic heterocycles. The number of hydrogen-bond acceptors (Lipinski definition) is 0. The van der Waals surface area contributed by atoms with Gasteiger partial charge in [0.05, 0.1) is 11.1 Å². The van der Waals surface area contributed by atoms with Crippen LogP contribution in [0.2, 0.25) is 0 Å². The third-order valence-corrected chi connectivity index (χ3v) is 5.54. The van der Waals surface area contributed by atoms with Crippen molar-refractivity contribution in [1.82, 2.24) is 0 Å². The number of rotatable bonds is 3. The van der Waals surface area contributed by atoms with Crippen molar-refractivity contribution in [2.24, 2.45) is 0 Å². The molecule has 0 heterocycles. The van der Waals surface area contributed by atoms with E-state index in [1.807, 2.05) is 0 Å². The molecule has 200 valence electrons. The molecule has 4 rings (SSSR count). The fourth-order valence-electron chi connectivity index (χ4n) is 3.81. The Labute approximate surface area is 199 Å². The van der Waals surface area contributed by atoms with Crippen LogP contribution in [-0.4, -0.2) is 0 Å². The lowest BCUT2D eigenvalue weighted by molar-refractivity contribution is 0.369. The summed E-state index contributed by atoms with van der Waals surface area (Å²) >= 11 is 0. The topological polar surface area (TPSA) is 0 Å². The maximum absolute atomic E-state index is 14.5. The van der Waals surface area contributed by atoms with Gasteiger partial charge in [0.25, 0.3) is 0 Å². The summed E-state index contributed by atoms with van der Waals surface area (Å²) in [4.78, 5) is 0. The van der Waals surface area contributed by atoms with E-state index < -0.39 is 121 Å². The Bertz CT molecular complexity index is 1530. The quantitative estimate of drug-likeness (QED) is 0.172. The normalized spacial score (nSPS) is 15.3. The summed E-state index contributed by atoms with van der Waals surface area (Å²) in [6.07, 6.45) is 0.0448. The molecule has 38 heavy (non-hydrogen) atoms. The van der Waals surface area contributed by atoms with Gasteiger partial charge in [0.1, 0.15) is 0 Å². The summed E-state index contributed by atoms with van der Waals surface area (Å²) in [6.45, 7) is 0. The minimum absolute atomic E-state index is 0.000725. The van der Waals surface area contributed by atoms with E-state index >= 15 is 0 Å². The van der Waals surface area contributed by atoms with Crippen molar-refractivity contribution in [3.63, 3.8) is 0 Å². The molecule has 0 saturated carbocycles. The molecule has 0 spiro atoms. The van der Waals surface area contributed by atoms with Crippen molar-refractivity contribution in [1.29, 1.82) is 0 Å². The molecule has 0 aromatic heterocycles. The first-order chi connectivity index (χ1) is 17.6. The van der Waals surface area contributed by atoms with Gasteiger partial charge in [-0.3, -0.25) is 0 Å². The highest BCUT2D eigenvalue weighted by Crippen LogP contribution is 2.48. The van der Waals surface area contributed by atoms with Crippen LogP contribution in [-0.2, 0) is 0 Å². The van der Waals surface area contributed by atoms with E-state index in [4.69, 9.17) is 0 Å². The van der Waals surface area contributed by atoms with Crippen molar-refractivity contribution in [3.05, 3.63) is 116 Å². The van der Waals surface area contributed by atoms with Crippen molar-refractivity contribution < 1.29 is 65.9 Å². The van der Waals surface area contributed by atoms with Gasteiger partial charge in [0, 0.05) is 11.5 Å². The SMILES string of the molecule is Fc1c(F)c(F)c(C2=CC(c3c(F)c(F)c(F)c(F)c3F)C(c3c(F)c(F)c(F)c(F)c3F)=C2)c(F)c1F. The molecule has 0 radical (unpaired) electrons. The molecule has 1 atom stereocenters. The Kier molecular flexibility index (Phi) is 6.52. The fourth-order valence-corrected chi connectivity index (χ4v) is 3.81. The Morgan fingerprint density at radius 1 is 0.342 bits per heavy atom. The number of benzene rings is 3. The lowest BCUT2D eigenvalue weighted by Crippen LogP contribution is -2.13. The zero-order valence-electron chi connectivity index (χ0n) is 17.4. The van der Waals surface area contributed by atoms with Crippen LogP contribution in [0.25, 0.3) is 11.1 Å². The molecular weight excluding hydrogens is 561 g/mol. The largest absolute Gasteiger partial charge is 0.203 e. The number of halogens is 15. The summed E-state index contributed by atoms with van der Waals surface area (Å²) in [5.41, 5.74) is -8.86. The second-order valence-corrected chi connectivity index (χ2v) is 7.57. The lowest BCUT2D eigenvalue weighted by Gasteiger charge is -2.19. The molecule has 0 amide bonds. The summed E-state index contributed by atoms with van der Waals surface area (Å²) < 4.78 is 210. The van der Waals surface area contributed by atoms with Gasteiger partial charge in [-0.25, -0.2) is 65.9 Å². The van der Waals surface area contributed by atoms with Crippen molar-refractivity contribution >= 4 is 11.1 Å². The smallest absolute Gasteiger partial charge is 0.200 e. The molecule has 3 aromatic rings. The highest BCUT2D eigenvalue weighted by molar-refractivity contribution is 5.94. The van der Waals surface area contributed by atoms with Gasteiger partial charge in [-0.15, -0.1) is 0 Å². The van der Waals surface area contributed by atoms with Crippen molar-refractivity contribution in [2.75, 3.05) is 0 Å². The lowest BCUT2D eigenvalue weighted by atomic mass is 9.87. The van der Waals surface area contributed by atoms with Gasteiger partial charge in [0.15, 0.2) is 69.8 Å². The van der Waals surface area contributed by atoms with Gasteiger partial charge >= 0.3 is 0 Å². The molecular formula is C23H3F15. The van der Waals surface area contributed by atoms with Crippen molar-refractivity contribution in [2.45, 2.75) is 5.92 Å². The second kappa shape index (κ2) is 9.13. The molecule has 0 N–H and O–H groups in total. The summed E-state index contributed by atoms with van der Waals surface area (Å²) in [6, 6.07) is 0. The summed E-state index contributed by atoms with van der Waals surface area (Å²) in [5.74, 6) is -42.7. The van der Waals surface area contributed by atoms with Gasteiger partial charge in [-0.2, -0.15) is 0 Å². The van der Waals surface area contributed by atoms with Crippen LogP contribution in [0.15, 0.2) is 12.2 Å². The predicted octanol–water partition coefficient (Wildman–Crippen LogP) is 8.04. The van der Waals surface area contributed by atoms with Crippen LogP contribution in [0, 0.1) is 87.3 Å². The maximum atomic E-state index is 14.5. The van der Waals surface area contributed by atoms with Gasteiger partial charge in [-0.1, -0.05) is 6.08 Å². The van der Waals surface area contributed by atoms with E-state index in [0.717, 1.165) is 0 Å². The van der Waals surface area contributed by atoms with Crippen LogP contribution in [0.3, 0.4) is 0 Å². The van der Waals surface area contributed by atoms with Gasteiger partial charge in [-0.05, 0) is 17.2 Å². The van der Waals surface area contributed by atoms with Crippen LogP contribution in [0.1, 0.15) is 22.6 Å². The van der Waals surface area contributed by atoms with Gasteiger partial charge in [0.2, 0.25) is 17.5 Å². The Balaban J connectivity index is 2.14. The Hall–Kier alpha value is -3.91. The molecule has 15 heteroatoms. The number of allylic oxidation sites excluding steroid dienone is 4.